The Bertz CT molecular complexity index is 2040. The molecule has 0 bridgehead atoms. The van der Waals surface area contributed by atoms with Crippen molar-refractivity contribution in [3.05, 3.63) is 182 Å². The molecule has 0 saturated heterocycles. The number of hydrogen-bond donors (Lipinski definition) is 2. The van der Waals surface area contributed by atoms with Crippen LogP contribution in [0.25, 0.3) is 0 Å². The number of aliphatic hydroxyl groups is 1. The highest BCUT2D eigenvalue weighted by atomic mass is 31.2. The average molecular weight is 1190 g/mol. The molecule has 0 fully saturated rings. The van der Waals surface area contributed by atoms with E-state index in [1.807, 2.05) is 27.2 Å². The van der Waals surface area contributed by atoms with E-state index in [4.69, 9.17) is 9.05 Å². The molecule has 2 N–H and O–H groups in total. The number of carbonyl (C=O) groups excluding carboxylic acids is 1. The number of nitrogens with zero attached hydrogens (tertiary/aromatic N) is 1. The van der Waals surface area contributed by atoms with Gasteiger partial charge in [-0.1, -0.05) is 280 Å². The van der Waals surface area contributed by atoms with Crippen LogP contribution in [-0.2, 0) is 18.4 Å². The number of unbranched alkanes of at least 4 members (excludes halogenated alkanes) is 18. The highest BCUT2D eigenvalue weighted by Crippen LogP contribution is 2.38. The molecular weight excluding hydrogens is 1070 g/mol. The minimum Gasteiger partial charge on any atom is -0.756 e. The minimum absolute atomic E-state index is 0.0242. The quantitative estimate of drug-likeness (QED) is 0.0272. The number of amides is 1. The molecule has 0 rings (SSSR count). The molecule has 3 atom stereocenters. The van der Waals surface area contributed by atoms with Crippen LogP contribution >= 0.6 is 7.82 Å². The zero-order valence-corrected chi connectivity index (χ0v) is 55.6. The predicted molar refractivity (Wildman–Crippen MR) is 370 cm³/mol. The molecule has 8 nitrogen and oxygen atoms in total. The molecule has 0 radical (unpaired) electrons. The Morgan fingerprint density at radius 1 is 0.424 bits per heavy atom. The topological polar surface area (TPSA) is 108 Å². The maximum absolute atomic E-state index is 13.0. The highest BCUT2D eigenvalue weighted by molar-refractivity contribution is 7.45. The molecule has 0 aliphatic rings. The van der Waals surface area contributed by atoms with Crippen LogP contribution in [0.3, 0.4) is 0 Å². The van der Waals surface area contributed by atoms with Gasteiger partial charge >= 0.3 is 0 Å². The zero-order chi connectivity index (χ0) is 61.9. The van der Waals surface area contributed by atoms with Crippen LogP contribution in [0, 0.1) is 0 Å². The standard InChI is InChI=1S/C76H125N2O6P/c1-6-8-10-12-14-16-18-20-22-24-26-28-30-31-32-33-34-35-36-37-38-39-40-41-42-43-44-45-46-47-48-50-52-54-56-58-60-62-64-66-68-70-76(80)77-74(73-84-85(81,82)83-72-71-78(3,4)5)75(79)69-67-65-63-61-59-57-55-53-51-49-29-27-25-23-21-19-17-15-13-11-9-7-2/h8,10,14,16,20,22,26,28,31-32,34-35,37-38,40-41,43-44,46-47,50-53,56,58-59,61,67,69,74-75,79H,6-7,9,11-13,15,17-19,21,23-25,27,29-30,33,36,39,42,45,48-49,54-55,57,60,62-66,68,70-73H2,1-5H3,(H-,77,80,81,82)/b10-8-,16-14-,22-20-,28-26-,32-31-,35-34-,38-37-,41-40-,44-43-,47-46-,52-50-,53-51+,58-56-,61-59+,69-67+. The van der Waals surface area contributed by atoms with Gasteiger partial charge in [-0.15, -0.1) is 0 Å². The minimum atomic E-state index is -4.63. The van der Waals surface area contributed by atoms with Crippen LogP contribution in [0.15, 0.2) is 182 Å². The van der Waals surface area contributed by atoms with Gasteiger partial charge in [0.25, 0.3) is 7.82 Å². The third-order valence-corrected chi connectivity index (χ3v) is 14.8. The number of hydrogen-bond acceptors (Lipinski definition) is 6. The van der Waals surface area contributed by atoms with Gasteiger partial charge in [0.15, 0.2) is 0 Å². The Hall–Kier alpha value is -4.40. The fourth-order valence-electron chi connectivity index (χ4n) is 8.64. The lowest BCUT2D eigenvalue weighted by Gasteiger charge is -2.29. The molecule has 85 heavy (non-hydrogen) atoms. The molecule has 0 spiro atoms. The molecule has 0 saturated carbocycles. The molecule has 0 aliphatic heterocycles. The largest absolute Gasteiger partial charge is 0.756 e. The van der Waals surface area contributed by atoms with E-state index in [0.29, 0.717) is 23.9 Å². The third kappa shape index (κ3) is 67.0. The summed E-state index contributed by atoms with van der Waals surface area (Å²) < 4.78 is 23.4. The first-order chi connectivity index (χ1) is 41.5. The fraction of sp³-hybridized carbons (Fsp3) is 0.592. The fourth-order valence-corrected chi connectivity index (χ4v) is 9.36. The van der Waals surface area contributed by atoms with Crippen molar-refractivity contribution in [3.63, 3.8) is 0 Å². The number of phosphoric ester groups is 1. The molecule has 480 valence electrons. The second kappa shape index (κ2) is 64.1. The van der Waals surface area contributed by atoms with Gasteiger partial charge in [0.05, 0.1) is 39.9 Å². The van der Waals surface area contributed by atoms with E-state index in [9.17, 15) is 19.4 Å². The van der Waals surface area contributed by atoms with E-state index < -0.39 is 26.6 Å². The number of quaternary nitrogens is 1. The summed E-state index contributed by atoms with van der Waals surface area (Å²) in [6, 6.07) is -0.939. The molecule has 9 heteroatoms. The highest BCUT2D eigenvalue weighted by Gasteiger charge is 2.23. The maximum Gasteiger partial charge on any atom is 0.268 e. The van der Waals surface area contributed by atoms with Crippen molar-refractivity contribution in [2.24, 2.45) is 0 Å². The molecular formula is C76H125N2O6P. The van der Waals surface area contributed by atoms with Gasteiger partial charge in [-0.25, -0.2) is 0 Å². The molecule has 0 heterocycles. The summed E-state index contributed by atoms with van der Waals surface area (Å²) in [5.74, 6) is -0.243. The van der Waals surface area contributed by atoms with Crippen molar-refractivity contribution in [1.82, 2.24) is 5.32 Å². The number of carbonyl (C=O) groups is 1. The lowest BCUT2D eigenvalue weighted by atomic mass is 10.0. The first-order valence-corrected chi connectivity index (χ1v) is 35.1. The first-order valence-electron chi connectivity index (χ1n) is 33.6. The molecule has 0 aromatic carbocycles. The van der Waals surface area contributed by atoms with Crippen molar-refractivity contribution in [1.29, 1.82) is 0 Å². The number of likely N-dealkylation sites (N-methyl/N-ethyl adjacent to an activating group) is 1. The summed E-state index contributed by atoms with van der Waals surface area (Å²) in [7, 11) is 1.19. The predicted octanol–water partition coefficient (Wildman–Crippen LogP) is 21.1. The first kappa shape index (κ1) is 80.6. The third-order valence-electron chi connectivity index (χ3n) is 13.8. The number of allylic oxidation sites excluding steroid dienone is 29. The average Bonchev–Trinajstić information content (AvgIpc) is 3.48. The van der Waals surface area contributed by atoms with Crippen LogP contribution in [0.2, 0.25) is 0 Å². The van der Waals surface area contributed by atoms with Gasteiger partial charge < -0.3 is 28.8 Å². The van der Waals surface area contributed by atoms with Gasteiger partial charge in [-0.05, 0) is 135 Å². The van der Waals surface area contributed by atoms with E-state index in [2.05, 4.69) is 189 Å². The molecule has 0 aromatic rings. The summed E-state index contributed by atoms with van der Waals surface area (Å²) >= 11 is 0. The van der Waals surface area contributed by atoms with Crippen LogP contribution in [0.5, 0.6) is 0 Å². The van der Waals surface area contributed by atoms with E-state index in [1.54, 1.807) is 6.08 Å². The Labute approximate surface area is 523 Å². The summed E-state index contributed by atoms with van der Waals surface area (Å²) in [4.78, 5) is 25.6. The Morgan fingerprint density at radius 2 is 0.729 bits per heavy atom. The van der Waals surface area contributed by atoms with E-state index in [0.717, 1.165) is 122 Å². The van der Waals surface area contributed by atoms with E-state index in [-0.39, 0.29) is 18.9 Å². The van der Waals surface area contributed by atoms with Gasteiger partial charge in [0.1, 0.15) is 13.2 Å². The van der Waals surface area contributed by atoms with Crippen LogP contribution in [0.4, 0.5) is 0 Å². The van der Waals surface area contributed by atoms with Crippen molar-refractivity contribution in [3.8, 4) is 0 Å². The molecule has 3 unspecified atom stereocenters. The maximum atomic E-state index is 13.0. The van der Waals surface area contributed by atoms with Crippen LogP contribution in [-0.4, -0.2) is 68.5 Å². The van der Waals surface area contributed by atoms with E-state index in [1.165, 1.54) is 83.5 Å². The Balaban J connectivity index is 4.28. The van der Waals surface area contributed by atoms with Crippen molar-refractivity contribution >= 4 is 13.7 Å². The Kier molecular flexibility index (Phi) is 60.8. The number of aliphatic hydroxyl groups excluding tert-OH is 1. The normalized spacial score (nSPS) is 14.9. The van der Waals surface area contributed by atoms with Gasteiger partial charge in [-0.2, -0.15) is 0 Å². The lowest BCUT2D eigenvalue weighted by Crippen LogP contribution is -2.45. The van der Waals surface area contributed by atoms with Crippen LogP contribution in [0.1, 0.15) is 239 Å². The lowest BCUT2D eigenvalue weighted by molar-refractivity contribution is -0.870. The smallest absolute Gasteiger partial charge is 0.268 e. The Morgan fingerprint density at radius 3 is 1.09 bits per heavy atom. The second-order valence-electron chi connectivity index (χ2n) is 23.1. The summed E-state index contributed by atoms with van der Waals surface area (Å²) in [6.45, 7) is 4.47. The number of phosphoric acid groups is 1. The molecule has 1 amide bonds. The zero-order valence-electron chi connectivity index (χ0n) is 54.7. The van der Waals surface area contributed by atoms with Crippen molar-refractivity contribution in [2.75, 3.05) is 40.9 Å². The summed E-state index contributed by atoms with van der Waals surface area (Å²) in [6.07, 6.45) is 103. The second-order valence-corrected chi connectivity index (χ2v) is 24.5. The van der Waals surface area contributed by atoms with Crippen molar-refractivity contribution in [2.45, 2.75) is 251 Å². The number of nitrogens with one attached hydrogen (secondary N) is 1. The van der Waals surface area contributed by atoms with Crippen LogP contribution < -0.4 is 10.2 Å². The summed E-state index contributed by atoms with van der Waals surface area (Å²) in [5, 5.41) is 13.9. The monoisotopic (exact) mass is 1190 g/mol. The SMILES string of the molecule is CC/C=C\C/C=C\C/C=C\C/C=C\C/C=C\C/C=C\C/C=C\C/C=C\C/C=C\C/C=C\C/C=C\C/C=C\CCCCCCC(=O)NC(COP(=O)([O-])OCC[N+](C)(C)C)C(O)/C=C/CC/C=C/CC/C=C/CCCCCCCCCCCCCC. The molecule has 0 aromatic heterocycles. The number of rotatable bonds is 59. The van der Waals surface area contributed by atoms with Gasteiger partial charge in [0, 0.05) is 6.42 Å². The summed E-state index contributed by atoms with van der Waals surface area (Å²) in [5.41, 5.74) is 0. The van der Waals surface area contributed by atoms with E-state index >= 15 is 0 Å². The molecule has 0 aliphatic carbocycles. The van der Waals surface area contributed by atoms with Gasteiger partial charge in [-0.3, -0.25) is 9.36 Å². The van der Waals surface area contributed by atoms with Crippen molar-refractivity contribution < 1.29 is 32.9 Å². The van der Waals surface area contributed by atoms with Gasteiger partial charge in [0.2, 0.25) is 5.91 Å².